The zero-order valence-electron chi connectivity index (χ0n) is 20.6. The van der Waals surface area contributed by atoms with Crippen molar-refractivity contribution in [1.82, 2.24) is 14.9 Å². The fourth-order valence-electron chi connectivity index (χ4n) is 4.49. The number of carbonyl (C=O) groups is 1. The summed E-state index contributed by atoms with van der Waals surface area (Å²) in [5.74, 6) is 0.893. The summed E-state index contributed by atoms with van der Waals surface area (Å²) < 4.78 is 5.20. The molecule has 1 fully saturated rings. The molecule has 0 aliphatic carbocycles. The maximum atomic E-state index is 12.4. The number of fused-ring (bicyclic) bond motifs is 1. The largest absolute Gasteiger partial charge is 0.383 e. The van der Waals surface area contributed by atoms with Gasteiger partial charge in [-0.25, -0.2) is 4.98 Å². The Hall–Kier alpha value is -3.81. The van der Waals surface area contributed by atoms with Gasteiger partial charge in [0.05, 0.1) is 30.3 Å². The van der Waals surface area contributed by atoms with E-state index in [1.165, 1.54) is 0 Å². The van der Waals surface area contributed by atoms with Gasteiger partial charge in [0, 0.05) is 45.5 Å². The summed E-state index contributed by atoms with van der Waals surface area (Å²) in [7, 11) is 1.74. The van der Waals surface area contributed by atoms with Crippen molar-refractivity contribution in [3.63, 3.8) is 0 Å². The normalized spacial score (nSPS) is 14.2. The first kappa shape index (κ1) is 23.9. The molecule has 1 N–H and O–H groups in total. The topological polar surface area (TPSA) is 70.6 Å². The first-order valence-electron chi connectivity index (χ1n) is 12.4. The summed E-state index contributed by atoms with van der Waals surface area (Å²) in [6.07, 6.45) is 2.23. The summed E-state index contributed by atoms with van der Waals surface area (Å²) in [4.78, 5) is 26.7. The van der Waals surface area contributed by atoms with Gasteiger partial charge in [0.15, 0.2) is 0 Å². The molecule has 7 heteroatoms. The van der Waals surface area contributed by atoms with Crippen molar-refractivity contribution < 1.29 is 9.53 Å². The highest BCUT2D eigenvalue weighted by molar-refractivity contribution is 5.92. The zero-order valence-corrected chi connectivity index (χ0v) is 20.6. The predicted molar refractivity (Wildman–Crippen MR) is 144 cm³/mol. The molecule has 5 rings (SSSR count). The van der Waals surface area contributed by atoms with E-state index in [0.29, 0.717) is 6.42 Å². The molecule has 1 aliphatic rings. The minimum Gasteiger partial charge on any atom is -0.383 e. The number of hydrogen-bond acceptors (Lipinski definition) is 6. The van der Waals surface area contributed by atoms with Crippen LogP contribution >= 0.6 is 0 Å². The molecule has 184 valence electrons. The molecular weight excluding hydrogens is 450 g/mol. The van der Waals surface area contributed by atoms with Crippen LogP contribution in [-0.4, -0.2) is 67.2 Å². The number of amides is 1. The number of hydrogen-bond donors (Lipinski definition) is 1. The quantitative estimate of drug-likeness (QED) is 0.406. The molecule has 7 nitrogen and oxygen atoms in total. The van der Waals surface area contributed by atoms with E-state index < -0.39 is 0 Å². The molecule has 0 saturated carbocycles. The summed E-state index contributed by atoms with van der Waals surface area (Å²) in [5.41, 5.74) is 5.68. The maximum Gasteiger partial charge on any atom is 0.228 e. The molecule has 2 heterocycles. The monoisotopic (exact) mass is 481 g/mol. The van der Waals surface area contributed by atoms with Crippen LogP contribution in [0, 0.1) is 0 Å². The van der Waals surface area contributed by atoms with Gasteiger partial charge in [0.2, 0.25) is 5.91 Å². The van der Waals surface area contributed by atoms with Crippen molar-refractivity contribution in [1.29, 1.82) is 0 Å². The Balaban J connectivity index is 1.25. The summed E-state index contributed by atoms with van der Waals surface area (Å²) in [6, 6.07) is 23.8. The minimum absolute atomic E-state index is 0.0259. The van der Waals surface area contributed by atoms with Crippen LogP contribution < -0.4 is 10.2 Å². The van der Waals surface area contributed by atoms with Gasteiger partial charge < -0.3 is 15.0 Å². The van der Waals surface area contributed by atoms with Crippen LogP contribution in [0.5, 0.6) is 0 Å². The Morgan fingerprint density at radius 1 is 0.917 bits per heavy atom. The molecule has 4 aromatic rings. The van der Waals surface area contributed by atoms with Crippen molar-refractivity contribution in [3.05, 3.63) is 84.6 Å². The third-order valence-corrected chi connectivity index (χ3v) is 6.55. The average Bonchev–Trinajstić information content (AvgIpc) is 2.92. The van der Waals surface area contributed by atoms with E-state index in [1.54, 1.807) is 7.11 Å². The SMILES string of the molecule is COCCN1CCN(c2cnc3ccc(-c4ccc(NC(=O)Cc5ccccc5)cc4)cc3n2)CC1. The number of anilines is 2. The predicted octanol–water partition coefficient (Wildman–Crippen LogP) is 4.25. The second-order valence-corrected chi connectivity index (χ2v) is 9.04. The van der Waals surface area contributed by atoms with Gasteiger partial charge in [0.1, 0.15) is 5.82 Å². The van der Waals surface area contributed by atoms with Gasteiger partial charge in [-0.05, 0) is 41.0 Å². The van der Waals surface area contributed by atoms with Crippen LogP contribution in [0.25, 0.3) is 22.2 Å². The number of benzene rings is 3. The molecule has 1 aromatic heterocycles. The number of carbonyl (C=O) groups excluding carboxylic acids is 1. The summed E-state index contributed by atoms with van der Waals surface area (Å²) in [6.45, 7) is 5.59. The van der Waals surface area contributed by atoms with Gasteiger partial charge in [0.25, 0.3) is 0 Å². The maximum absolute atomic E-state index is 12.4. The molecule has 0 unspecified atom stereocenters. The Morgan fingerprint density at radius 3 is 2.42 bits per heavy atom. The van der Waals surface area contributed by atoms with E-state index in [0.717, 1.165) is 78.6 Å². The molecule has 0 bridgehead atoms. The first-order chi connectivity index (χ1) is 17.7. The van der Waals surface area contributed by atoms with Crippen molar-refractivity contribution in [2.45, 2.75) is 6.42 Å². The van der Waals surface area contributed by atoms with E-state index in [-0.39, 0.29) is 5.91 Å². The Bertz CT molecular complexity index is 1300. The Labute approximate surface area is 211 Å². The molecule has 0 spiro atoms. The molecule has 3 aromatic carbocycles. The zero-order chi connectivity index (χ0) is 24.7. The molecule has 0 radical (unpaired) electrons. The number of rotatable bonds is 8. The number of nitrogens with one attached hydrogen (secondary N) is 1. The standard InChI is InChI=1S/C29H31N5O2/c1-36-18-17-33-13-15-34(16-14-33)28-21-30-26-12-9-24(20-27(26)32-28)23-7-10-25(11-8-23)31-29(35)19-22-5-3-2-4-6-22/h2-12,20-21H,13-19H2,1H3,(H,31,35). The number of nitrogens with zero attached hydrogens (tertiary/aromatic N) is 4. The summed E-state index contributed by atoms with van der Waals surface area (Å²) in [5, 5.41) is 2.98. The lowest BCUT2D eigenvalue weighted by Crippen LogP contribution is -2.47. The third-order valence-electron chi connectivity index (χ3n) is 6.55. The molecule has 36 heavy (non-hydrogen) atoms. The lowest BCUT2D eigenvalue weighted by molar-refractivity contribution is -0.115. The van der Waals surface area contributed by atoms with Crippen LogP contribution in [0.2, 0.25) is 0 Å². The van der Waals surface area contributed by atoms with E-state index in [9.17, 15) is 4.79 Å². The third kappa shape index (κ3) is 5.87. The smallest absolute Gasteiger partial charge is 0.228 e. The Morgan fingerprint density at radius 2 is 1.67 bits per heavy atom. The lowest BCUT2D eigenvalue weighted by atomic mass is 10.0. The molecule has 1 aliphatic heterocycles. The molecular formula is C29H31N5O2. The average molecular weight is 482 g/mol. The van der Waals surface area contributed by atoms with Crippen molar-refractivity contribution in [3.8, 4) is 11.1 Å². The minimum atomic E-state index is -0.0259. The highest BCUT2D eigenvalue weighted by atomic mass is 16.5. The van der Waals surface area contributed by atoms with E-state index in [4.69, 9.17) is 9.72 Å². The Kier molecular flexibility index (Phi) is 7.50. The first-order valence-corrected chi connectivity index (χ1v) is 12.4. The number of methoxy groups -OCH3 is 1. The molecule has 1 amide bonds. The van der Waals surface area contributed by atoms with Gasteiger partial charge in [-0.3, -0.25) is 14.7 Å². The lowest BCUT2D eigenvalue weighted by Gasteiger charge is -2.35. The van der Waals surface area contributed by atoms with Crippen LogP contribution in [0.4, 0.5) is 11.5 Å². The van der Waals surface area contributed by atoms with E-state index in [1.807, 2.05) is 66.9 Å². The van der Waals surface area contributed by atoms with Crippen molar-refractivity contribution in [2.75, 3.05) is 56.7 Å². The highest BCUT2D eigenvalue weighted by Gasteiger charge is 2.18. The van der Waals surface area contributed by atoms with Crippen molar-refractivity contribution >= 4 is 28.4 Å². The second-order valence-electron chi connectivity index (χ2n) is 9.04. The number of aromatic nitrogens is 2. The number of ether oxygens (including phenoxy) is 1. The van der Waals surface area contributed by atoms with Gasteiger partial charge in [-0.15, -0.1) is 0 Å². The van der Waals surface area contributed by atoms with Crippen LogP contribution in [0.1, 0.15) is 5.56 Å². The van der Waals surface area contributed by atoms with Crippen LogP contribution in [0.15, 0.2) is 79.0 Å². The van der Waals surface area contributed by atoms with Gasteiger partial charge in [-0.1, -0.05) is 48.5 Å². The van der Waals surface area contributed by atoms with Crippen molar-refractivity contribution in [2.24, 2.45) is 0 Å². The van der Waals surface area contributed by atoms with E-state index >= 15 is 0 Å². The van der Waals surface area contributed by atoms with E-state index in [2.05, 4.69) is 32.2 Å². The molecule has 1 saturated heterocycles. The fraction of sp³-hybridized carbons (Fsp3) is 0.276. The van der Waals surface area contributed by atoms with Crippen LogP contribution in [0.3, 0.4) is 0 Å². The van der Waals surface area contributed by atoms with Gasteiger partial charge in [-0.2, -0.15) is 0 Å². The summed E-state index contributed by atoms with van der Waals surface area (Å²) >= 11 is 0. The molecule has 0 atom stereocenters. The van der Waals surface area contributed by atoms with Gasteiger partial charge >= 0.3 is 0 Å². The van der Waals surface area contributed by atoms with Crippen LogP contribution in [-0.2, 0) is 16.0 Å². The second kappa shape index (κ2) is 11.3. The highest BCUT2D eigenvalue weighted by Crippen LogP contribution is 2.26. The fourth-order valence-corrected chi connectivity index (χ4v) is 4.49. The number of piperazine rings is 1.